The van der Waals surface area contributed by atoms with Crippen molar-refractivity contribution < 1.29 is 13.5 Å². The Kier molecular flexibility index (Phi) is 4.25. The van der Waals surface area contributed by atoms with Crippen molar-refractivity contribution >= 4 is 0 Å². The van der Waals surface area contributed by atoms with Gasteiger partial charge in [-0.25, -0.2) is 13.8 Å². The lowest BCUT2D eigenvalue weighted by atomic mass is 10.0. The van der Waals surface area contributed by atoms with Gasteiger partial charge in [-0.2, -0.15) is 0 Å². The van der Waals surface area contributed by atoms with Gasteiger partial charge in [0.05, 0.1) is 18.4 Å². The molecule has 1 fully saturated rings. The molecule has 1 aromatic heterocycles. The van der Waals surface area contributed by atoms with Crippen LogP contribution in [0, 0.1) is 11.6 Å². The van der Waals surface area contributed by atoms with Crippen molar-refractivity contribution in [1.29, 1.82) is 0 Å². The summed E-state index contributed by atoms with van der Waals surface area (Å²) in [4.78, 5) is 6.82. The van der Waals surface area contributed by atoms with E-state index >= 15 is 0 Å². The number of ether oxygens (including phenoxy) is 1. The van der Waals surface area contributed by atoms with Crippen LogP contribution in [-0.2, 0) is 24.4 Å². The van der Waals surface area contributed by atoms with Crippen molar-refractivity contribution in [1.82, 2.24) is 14.5 Å². The summed E-state index contributed by atoms with van der Waals surface area (Å²) in [6.45, 7) is 3.67. The summed E-state index contributed by atoms with van der Waals surface area (Å²) in [6, 6.07) is 13.3. The Morgan fingerprint density at radius 3 is 2.71 bits per heavy atom. The molecule has 4 nitrogen and oxygen atoms in total. The Hall–Kier alpha value is -2.57. The van der Waals surface area contributed by atoms with Crippen molar-refractivity contribution in [3.63, 3.8) is 0 Å². The van der Waals surface area contributed by atoms with Crippen LogP contribution < -0.4 is 0 Å². The van der Waals surface area contributed by atoms with Crippen LogP contribution in [0.1, 0.15) is 17.8 Å². The minimum Gasteiger partial charge on any atom is -0.364 e. The van der Waals surface area contributed by atoms with Gasteiger partial charge in [0.1, 0.15) is 29.7 Å². The van der Waals surface area contributed by atoms with Crippen LogP contribution in [0.4, 0.5) is 8.78 Å². The molecule has 1 spiro atoms. The number of halogens is 2. The highest BCUT2D eigenvalue weighted by Gasteiger charge is 2.43. The Morgan fingerprint density at radius 1 is 1.04 bits per heavy atom. The van der Waals surface area contributed by atoms with E-state index in [-0.39, 0.29) is 17.2 Å². The molecule has 0 saturated carbocycles. The van der Waals surface area contributed by atoms with Crippen LogP contribution >= 0.6 is 0 Å². The molecule has 0 radical (unpaired) electrons. The van der Waals surface area contributed by atoms with Gasteiger partial charge in [-0.3, -0.25) is 4.90 Å². The summed E-state index contributed by atoms with van der Waals surface area (Å²) < 4.78 is 35.2. The number of nitrogens with zero attached hydrogens (tertiary/aromatic N) is 3. The van der Waals surface area contributed by atoms with Gasteiger partial charge in [-0.15, -0.1) is 0 Å². The fourth-order valence-electron chi connectivity index (χ4n) is 4.29. The summed E-state index contributed by atoms with van der Waals surface area (Å²) in [5.41, 5.74) is 2.58. The minimum atomic E-state index is -0.268. The number of fused-ring (bicyclic) bond motifs is 1. The highest BCUT2D eigenvalue weighted by atomic mass is 19.1. The first-order valence-electron chi connectivity index (χ1n) is 9.51. The molecule has 28 heavy (non-hydrogen) atoms. The maximum atomic E-state index is 13.7. The number of imidazole rings is 1. The van der Waals surface area contributed by atoms with Gasteiger partial charge in [-0.1, -0.05) is 24.3 Å². The van der Waals surface area contributed by atoms with Gasteiger partial charge in [0.25, 0.3) is 0 Å². The van der Waals surface area contributed by atoms with Gasteiger partial charge < -0.3 is 9.30 Å². The maximum absolute atomic E-state index is 13.7. The molecular weight excluding hydrogens is 360 g/mol. The molecule has 6 heteroatoms. The molecule has 2 aliphatic heterocycles. The predicted octanol–water partition coefficient (Wildman–Crippen LogP) is 4.00. The molecule has 0 bridgehead atoms. The van der Waals surface area contributed by atoms with Crippen LogP contribution in [0.25, 0.3) is 11.3 Å². The standard InChI is InChI=1S/C22H21F2N3O/c23-18-6-4-16(5-7-18)12-26-9-8-22(14-26)15-27-20(11-25-21(27)13-28-22)17-2-1-3-19(24)10-17/h1-7,10-11H,8-9,12-15H2. The van der Waals surface area contributed by atoms with E-state index in [9.17, 15) is 8.78 Å². The Labute approximate surface area is 162 Å². The van der Waals surface area contributed by atoms with Crippen molar-refractivity contribution in [2.45, 2.75) is 31.7 Å². The number of rotatable bonds is 3. The second-order valence-corrected chi connectivity index (χ2v) is 7.71. The number of hydrogen-bond acceptors (Lipinski definition) is 3. The third-order valence-corrected chi connectivity index (χ3v) is 5.73. The molecule has 0 amide bonds. The number of aromatic nitrogens is 2. The lowest BCUT2D eigenvalue weighted by Crippen LogP contribution is -2.44. The molecule has 0 aliphatic carbocycles. The number of benzene rings is 2. The zero-order valence-electron chi connectivity index (χ0n) is 15.4. The molecule has 0 N–H and O–H groups in total. The molecular formula is C22H21F2N3O. The Morgan fingerprint density at radius 2 is 1.89 bits per heavy atom. The minimum absolute atomic E-state index is 0.213. The maximum Gasteiger partial charge on any atom is 0.135 e. The lowest BCUT2D eigenvalue weighted by Gasteiger charge is -2.35. The average Bonchev–Trinajstić information content (AvgIpc) is 3.28. The van der Waals surface area contributed by atoms with E-state index in [1.807, 2.05) is 18.2 Å². The fourth-order valence-corrected chi connectivity index (χ4v) is 4.29. The first kappa shape index (κ1) is 17.5. The second kappa shape index (κ2) is 6.79. The monoisotopic (exact) mass is 381 g/mol. The summed E-state index contributed by atoms with van der Waals surface area (Å²) >= 11 is 0. The quantitative estimate of drug-likeness (QED) is 0.687. The molecule has 1 atom stereocenters. The van der Waals surface area contributed by atoms with Crippen molar-refractivity contribution in [3.05, 3.63) is 77.8 Å². The van der Waals surface area contributed by atoms with Crippen LogP contribution in [0.5, 0.6) is 0 Å². The first-order chi connectivity index (χ1) is 13.6. The highest BCUT2D eigenvalue weighted by molar-refractivity contribution is 5.59. The van der Waals surface area contributed by atoms with E-state index in [1.54, 1.807) is 18.3 Å². The van der Waals surface area contributed by atoms with E-state index < -0.39 is 0 Å². The van der Waals surface area contributed by atoms with E-state index in [1.165, 1.54) is 18.2 Å². The van der Waals surface area contributed by atoms with E-state index in [0.717, 1.165) is 48.7 Å². The molecule has 1 saturated heterocycles. The van der Waals surface area contributed by atoms with E-state index in [0.29, 0.717) is 13.2 Å². The average molecular weight is 381 g/mol. The molecule has 3 heterocycles. The summed E-state index contributed by atoms with van der Waals surface area (Å²) in [7, 11) is 0. The Balaban J connectivity index is 1.35. The van der Waals surface area contributed by atoms with Gasteiger partial charge in [0.15, 0.2) is 0 Å². The Bertz CT molecular complexity index is 1000. The largest absolute Gasteiger partial charge is 0.364 e. The van der Waals surface area contributed by atoms with E-state index in [4.69, 9.17) is 4.74 Å². The highest BCUT2D eigenvalue weighted by Crippen LogP contribution is 2.35. The fraction of sp³-hybridized carbons (Fsp3) is 0.318. The molecule has 3 aromatic rings. The zero-order chi connectivity index (χ0) is 19.1. The molecule has 1 unspecified atom stereocenters. The second-order valence-electron chi connectivity index (χ2n) is 7.71. The SMILES string of the molecule is Fc1ccc(CN2CCC3(C2)Cn2c(-c4cccc(F)c4)cnc2CO3)cc1. The molecule has 2 aromatic carbocycles. The smallest absolute Gasteiger partial charge is 0.135 e. The van der Waals surface area contributed by atoms with Gasteiger partial charge >= 0.3 is 0 Å². The van der Waals surface area contributed by atoms with Crippen LogP contribution in [-0.4, -0.2) is 33.1 Å². The molecule has 144 valence electrons. The van der Waals surface area contributed by atoms with Crippen molar-refractivity contribution in [3.8, 4) is 11.3 Å². The predicted molar refractivity (Wildman–Crippen MR) is 101 cm³/mol. The lowest BCUT2D eigenvalue weighted by molar-refractivity contribution is -0.0821. The van der Waals surface area contributed by atoms with Crippen molar-refractivity contribution in [2.75, 3.05) is 13.1 Å². The van der Waals surface area contributed by atoms with Gasteiger partial charge in [0, 0.05) is 25.2 Å². The topological polar surface area (TPSA) is 30.3 Å². The number of likely N-dealkylation sites (tertiary alicyclic amines) is 1. The molecule has 5 rings (SSSR count). The van der Waals surface area contributed by atoms with E-state index in [2.05, 4.69) is 14.5 Å². The summed E-state index contributed by atoms with van der Waals surface area (Å²) in [5, 5.41) is 0. The third kappa shape index (κ3) is 3.23. The third-order valence-electron chi connectivity index (χ3n) is 5.73. The summed E-state index contributed by atoms with van der Waals surface area (Å²) in [6.07, 6.45) is 2.73. The number of hydrogen-bond donors (Lipinski definition) is 0. The normalized spacial score (nSPS) is 21.9. The van der Waals surface area contributed by atoms with Crippen molar-refractivity contribution in [2.24, 2.45) is 0 Å². The first-order valence-corrected chi connectivity index (χ1v) is 9.51. The van der Waals surface area contributed by atoms with Crippen LogP contribution in [0.15, 0.2) is 54.7 Å². The van der Waals surface area contributed by atoms with Gasteiger partial charge in [-0.05, 0) is 36.2 Å². The molecule has 2 aliphatic rings. The van der Waals surface area contributed by atoms with Crippen LogP contribution in [0.2, 0.25) is 0 Å². The summed E-state index contributed by atoms with van der Waals surface area (Å²) in [5.74, 6) is 0.415. The van der Waals surface area contributed by atoms with Gasteiger partial charge in [0.2, 0.25) is 0 Å². The zero-order valence-corrected chi connectivity index (χ0v) is 15.4. The van der Waals surface area contributed by atoms with Crippen LogP contribution in [0.3, 0.4) is 0 Å².